The summed E-state index contributed by atoms with van der Waals surface area (Å²) in [5.74, 6) is 0.949. The first-order valence-corrected chi connectivity index (χ1v) is 9.88. The van der Waals surface area contributed by atoms with Crippen molar-refractivity contribution in [2.24, 2.45) is 0 Å². The largest absolute Gasteiger partial charge is 0.481 e. The van der Waals surface area contributed by atoms with E-state index in [0.717, 1.165) is 17.0 Å². The Hall–Kier alpha value is -3.42. The number of nitrogens with zero attached hydrogens (tertiary/aromatic N) is 4. The lowest BCUT2D eigenvalue weighted by molar-refractivity contribution is -0.127. The summed E-state index contributed by atoms with van der Waals surface area (Å²) in [5.41, 5.74) is 3.83. The van der Waals surface area contributed by atoms with Crippen LogP contribution in [0.2, 0.25) is 0 Å². The minimum atomic E-state index is -0.655. The molecule has 1 unspecified atom stereocenters. The average molecular weight is 409 g/mol. The highest BCUT2D eigenvalue weighted by molar-refractivity contribution is 5.80. The number of nitrogens with one attached hydrogen (secondary N) is 1. The molecule has 0 aliphatic heterocycles. The van der Waals surface area contributed by atoms with Gasteiger partial charge in [-0.1, -0.05) is 6.07 Å². The Balaban J connectivity index is 1.59. The molecule has 1 N–H and O–H groups in total. The first-order valence-electron chi connectivity index (χ1n) is 9.88. The third-order valence-corrected chi connectivity index (χ3v) is 4.86. The predicted molar refractivity (Wildman–Crippen MR) is 114 cm³/mol. The SMILES string of the molecule is Cc1cc(C)n(-c2ccc(=O)n(CCNC(=O)C(C)Oc3ccc(C)c(C)c3)n2)n1. The lowest BCUT2D eigenvalue weighted by Gasteiger charge is -2.16. The summed E-state index contributed by atoms with van der Waals surface area (Å²) in [6, 6.07) is 10.7. The van der Waals surface area contributed by atoms with Crippen molar-refractivity contribution in [2.45, 2.75) is 47.3 Å². The van der Waals surface area contributed by atoms with Crippen LogP contribution in [0.5, 0.6) is 5.75 Å². The Morgan fingerprint density at radius 2 is 1.83 bits per heavy atom. The third-order valence-electron chi connectivity index (χ3n) is 4.86. The molecule has 3 aromatic rings. The van der Waals surface area contributed by atoms with Crippen LogP contribution in [0, 0.1) is 27.7 Å². The molecule has 0 spiro atoms. The van der Waals surface area contributed by atoms with E-state index in [2.05, 4.69) is 15.5 Å². The van der Waals surface area contributed by atoms with Crippen LogP contribution in [0.1, 0.15) is 29.4 Å². The van der Waals surface area contributed by atoms with Crippen LogP contribution in [0.3, 0.4) is 0 Å². The Kier molecular flexibility index (Phi) is 6.34. The summed E-state index contributed by atoms with van der Waals surface area (Å²) in [6.07, 6.45) is -0.655. The zero-order valence-electron chi connectivity index (χ0n) is 18.0. The van der Waals surface area contributed by atoms with E-state index in [1.165, 1.54) is 16.3 Å². The van der Waals surface area contributed by atoms with Gasteiger partial charge in [0.1, 0.15) is 5.75 Å². The van der Waals surface area contributed by atoms with Crippen LogP contribution in [0.15, 0.2) is 41.2 Å². The second-order valence-electron chi connectivity index (χ2n) is 7.39. The number of hydrogen-bond donors (Lipinski definition) is 1. The molecular weight excluding hydrogens is 382 g/mol. The van der Waals surface area contributed by atoms with Gasteiger partial charge in [0, 0.05) is 18.3 Å². The fourth-order valence-electron chi connectivity index (χ4n) is 3.05. The predicted octanol–water partition coefficient (Wildman–Crippen LogP) is 2.25. The topological polar surface area (TPSA) is 91.0 Å². The molecule has 2 heterocycles. The maximum Gasteiger partial charge on any atom is 0.266 e. The standard InChI is InChI=1S/C22H27N5O3/c1-14-6-7-19(12-15(14)2)30-18(5)22(29)23-10-11-26-21(28)9-8-20(25-26)27-17(4)13-16(3)24-27/h6-9,12-13,18H,10-11H2,1-5H3,(H,23,29). The first-order chi connectivity index (χ1) is 14.2. The van der Waals surface area contributed by atoms with E-state index in [1.807, 2.05) is 52.0 Å². The van der Waals surface area contributed by atoms with Crippen LogP contribution < -0.4 is 15.6 Å². The summed E-state index contributed by atoms with van der Waals surface area (Å²) in [7, 11) is 0. The van der Waals surface area contributed by atoms with Crippen LogP contribution in [0.4, 0.5) is 0 Å². The molecule has 8 nitrogen and oxygen atoms in total. The monoisotopic (exact) mass is 409 g/mol. The van der Waals surface area contributed by atoms with Crippen LogP contribution in [-0.4, -0.2) is 38.1 Å². The number of carbonyl (C=O) groups is 1. The lowest BCUT2D eigenvalue weighted by atomic mass is 10.1. The molecule has 3 rings (SSSR count). The van der Waals surface area contributed by atoms with Gasteiger partial charge in [-0.2, -0.15) is 5.10 Å². The quantitative estimate of drug-likeness (QED) is 0.646. The molecule has 8 heteroatoms. The number of carbonyl (C=O) groups excluding carboxylic acids is 1. The fourth-order valence-corrected chi connectivity index (χ4v) is 3.05. The second-order valence-corrected chi connectivity index (χ2v) is 7.39. The summed E-state index contributed by atoms with van der Waals surface area (Å²) in [6.45, 7) is 10.0. The fraction of sp³-hybridized carbons (Fsp3) is 0.364. The maximum atomic E-state index is 12.4. The van der Waals surface area contributed by atoms with Gasteiger partial charge in [0.2, 0.25) is 0 Å². The van der Waals surface area contributed by atoms with E-state index in [0.29, 0.717) is 11.6 Å². The number of rotatable bonds is 7. The van der Waals surface area contributed by atoms with Crippen LogP contribution in [-0.2, 0) is 11.3 Å². The molecule has 1 aromatic carbocycles. The van der Waals surface area contributed by atoms with Gasteiger partial charge in [-0.05, 0) is 70.0 Å². The van der Waals surface area contributed by atoms with Gasteiger partial charge < -0.3 is 10.1 Å². The van der Waals surface area contributed by atoms with Crippen molar-refractivity contribution in [3.63, 3.8) is 0 Å². The van der Waals surface area contributed by atoms with E-state index < -0.39 is 6.10 Å². The van der Waals surface area contributed by atoms with Crippen molar-refractivity contribution in [1.29, 1.82) is 0 Å². The van der Waals surface area contributed by atoms with Crippen molar-refractivity contribution < 1.29 is 9.53 Å². The van der Waals surface area contributed by atoms with E-state index in [-0.39, 0.29) is 24.6 Å². The van der Waals surface area contributed by atoms with E-state index in [4.69, 9.17) is 4.74 Å². The van der Waals surface area contributed by atoms with Gasteiger partial charge in [0.25, 0.3) is 11.5 Å². The molecule has 2 aromatic heterocycles. The third kappa shape index (κ3) is 4.94. The molecule has 0 aliphatic carbocycles. The number of aromatic nitrogens is 4. The highest BCUT2D eigenvalue weighted by atomic mass is 16.5. The van der Waals surface area contributed by atoms with Crippen molar-refractivity contribution in [2.75, 3.05) is 6.54 Å². The van der Waals surface area contributed by atoms with Gasteiger partial charge in [0.15, 0.2) is 11.9 Å². The van der Waals surface area contributed by atoms with Gasteiger partial charge in [0.05, 0.1) is 12.2 Å². The zero-order chi connectivity index (χ0) is 21.8. The molecule has 1 atom stereocenters. The maximum absolute atomic E-state index is 12.4. The molecule has 0 aliphatic rings. The molecule has 158 valence electrons. The smallest absolute Gasteiger partial charge is 0.266 e. The van der Waals surface area contributed by atoms with Crippen molar-refractivity contribution >= 4 is 5.91 Å². The molecule has 0 saturated heterocycles. The van der Waals surface area contributed by atoms with Crippen molar-refractivity contribution in [3.8, 4) is 11.6 Å². The van der Waals surface area contributed by atoms with Crippen LogP contribution >= 0.6 is 0 Å². The summed E-state index contributed by atoms with van der Waals surface area (Å²) >= 11 is 0. The second kappa shape index (κ2) is 8.94. The molecule has 0 fully saturated rings. The van der Waals surface area contributed by atoms with Gasteiger partial charge in [-0.25, -0.2) is 9.36 Å². The molecular formula is C22H27N5O3. The number of hydrogen-bond acceptors (Lipinski definition) is 5. The average Bonchev–Trinajstić information content (AvgIpc) is 3.04. The molecule has 0 bridgehead atoms. The number of aryl methyl sites for hydroxylation is 4. The highest BCUT2D eigenvalue weighted by Gasteiger charge is 2.15. The number of benzene rings is 1. The minimum absolute atomic E-state index is 0.242. The van der Waals surface area contributed by atoms with E-state index in [9.17, 15) is 9.59 Å². The summed E-state index contributed by atoms with van der Waals surface area (Å²) in [5, 5.41) is 11.5. The molecule has 30 heavy (non-hydrogen) atoms. The minimum Gasteiger partial charge on any atom is -0.481 e. The van der Waals surface area contributed by atoms with E-state index >= 15 is 0 Å². The Labute approximate surface area is 175 Å². The normalized spacial score (nSPS) is 11.9. The number of ether oxygens (including phenoxy) is 1. The van der Waals surface area contributed by atoms with Crippen molar-refractivity contribution in [1.82, 2.24) is 24.9 Å². The van der Waals surface area contributed by atoms with Crippen molar-refractivity contribution in [3.05, 3.63) is 69.3 Å². The van der Waals surface area contributed by atoms with Gasteiger partial charge in [-0.15, -0.1) is 5.10 Å². The Morgan fingerprint density at radius 3 is 2.50 bits per heavy atom. The van der Waals surface area contributed by atoms with E-state index in [1.54, 1.807) is 17.7 Å². The molecule has 0 radical (unpaired) electrons. The summed E-state index contributed by atoms with van der Waals surface area (Å²) < 4.78 is 8.73. The number of amides is 1. The Bertz CT molecular complexity index is 1120. The first kappa shape index (κ1) is 21.3. The summed E-state index contributed by atoms with van der Waals surface area (Å²) in [4.78, 5) is 24.5. The van der Waals surface area contributed by atoms with Gasteiger partial charge >= 0.3 is 0 Å². The Morgan fingerprint density at radius 1 is 1.07 bits per heavy atom. The van der Waals surface area contributed by atoms with Crippen LogP contribution in [0.25, 0.3) is 5.82 Å². The van der Waals surface area contributed by atoms with Gasteiger partial charge in [-0.3, -0.25) is 9.59 Å². The highest BCUT2D eigenvalue weighted by Crippen LogP contribution is 2.17. The molecule has 1 amide bonds. The molecule has 0 saturated carbocycles. The zero-order valence-corrected chi connectivity index (χ0v) is 18.0. The lowest BCUT2D eigenvalue weighted by Crippen LogP contribution is -2.39.